The minimum Gasteiger partial charge on any atom is -0.481 e. The average Bonchev–Trinajstić information content (AvgIpc) is 2.95. The summed E-state index contributed by atoms with van der Waals surface area (Å²) in [7, 11) is 5.11. The fourth-order valence-corrected chi connectivity index (χ4v) is 4.54. The van der Waals surface area contributed by atoms with E-state index in [0.717, 1.165) is 30.4 Å². The van der Waals surface area contributed by atoms with Gasteiger partial charge in [0.25, 0.3) is 5.56 Å². The highest BCUT2D eigenvalue weighted by Crippen LogP contribution is 2.23. The molecule has 0 aliphatic carbocycles. The van der Waals surface area contributed by atoms with Crippen LogP contribution >= 0.6 is 0 Å². The Morgan fingerprint density at radius 2 is 1.89 bits per heavy atom. The number of carbonyl (C=O) groups is 1. The van der Waals surface area contributed by atoms with Crippen molar-refractivity contribution in [2.24, 2.45) is 5.92 Å². The maximum Gasteiger partial charge on any atom is 0.319 e. The van der Waals surface area contributed by atoms with Crippen LogP contribution in [0.1, 0.15) is 26.2 Å². The number of nitrogens with zero attached hydrogens (tertiary/aromatic N) is 6. The number of piperidine rings is 1. The summed E-state index contributed by atoms with van der Waals surface area (Å²) in [6.07, 6.45) is 6.11. The van der Waals surface area contributed by atoms with E-state index in [4.69, 9.17) is 9.47 Å². The summed E-state index contributed by atoms with van der Waals surface area (Å²) < 4.78 is 12.5. The molecule has 0 unspecified atom stereocenters. The maximum absolute atomic E-state index is 13.5. The number of fused-ring (bicyclic) bond motifs is 1. The molecule has 0 spiro atoms. The van der Waals surface area contributed by atoms with Crippen LogP contribution in [0.3, 0.4) is 0 Å². The molecule has 4 rings (SSSR count). The number of ether oxygens (including phenoxy) is 2. The standard InChI is InChI=1S/C27H37N7O4/c1-5-13-38-14-12-34-22-15-21(20-6-7-23(37-4)28-17-20)18-30-24(22)31-25(26(34)35)29-16-19-8-10-33(11-9-19)27(36)32(2)3/h6-7,15,17-19H,5,8-14,16H2,1-4H3,(H,29,30,31). The molecule has 11 nitrogen and oxygen atoms in total. The number of aromatic nitrogens is 4. The molecule has 1 fully saturated rings. The highest BCUT2D eigenvalue weighted by atomic mass is 16.5. The van der Waals surface area contributed by atoms with Crippen molar-refractivity contribution in [3.63, 3.8) is 0 Å². The molecular weight excluding hydrogens is 486 g/mol. The van der Waals surface area contributed by atoms with Gasteiger partial charge in [-0.2, -0.15) is 0 Å². The monoisotopic (exact) mass is 523 g/mol. The normalized spacial score (nSPS) is 14.1. The van der Waals surface area contributed by atoms with Crippen molar-refractivity contribution < 1.29 is 14.3 Å². The van der Waals surface area contributed by atoms with Crippen LogP contribution in [0.15, 0.2) is 35.4 Å². The largest absolute Gasteiger partial charge is 0.481 e. The van der Waals surface area contributed by atoms with Crippen molar-refractivity contribution >= 4 is 23.0 Å². The van der Waals surface area contributed by atoms with Crippen LogP contribution in [-0.4, -0.2) is 89.4 Å². The molecule has 1 N–H and O–H groups in total. The average molecular weight is 524 g/mol. The van der Waals surface area contributed by atoms with E-state index in [2.05, 4.69) is 27.2 Å². The van der Waals surface area contributed by atoms with Crippen LogP contribution in [0, 0.1) is 5.92 Å². The van der Waals surface area contributed by atoms with Gasteiger partial charge in [0.15, 0.2) is 11.5 Å². The minimum atomic E-state index is -0.204. The molecule has 0 atom stereocenters. The lowest BCUT2D eigenvalue weighted by Crippen LogP contribution is -2.44. The van der Waals surface area contributed by atoms with Gasteiger partial charge in [0.1, 0.15) is 0 Å². The van der Waals surface area contributed by atoms with Crippen LogP contribution in [-0.2, 0) is 11.3 Å². The highest BCUT2D eigenvalue weighted by molar-refractivity contribution is 5.79. The van der Waals surface area contributed by atoms with E-state index in [-0.39, 0.29) is 17.4 Å². The summed E-state index contributed by atoms with van der Waals surface area (Å²) in [6, 6.07) is 5.65. The zero-order chi connectivity index (χ0) is 27.1. The first-order valence-electron chi connectivity index (χ1n) is 13.1. The molecule has 0 aromatic carbocycles. The zero-order valence-corrected chi connectivity index (χ0v) is 22.6. The number of nitrogens with one attached hydrogen (secondary N) is 1. The lowest BCUT2D eigenvalue weighted by Gasteiger charge is -2.33. The van der Waals surface area contributed by atoms with Crippen LogP contribution in [0.25, 0.3) is 22.3 Å². The van der Waals surface area contributed by atoms with Gasteiger partial charge < -0.3 is 24.6 Å². The molecule has 38 heavy (non-hydrogen) atoms. The predicted octanol–water partition coefficient (Wildman–Crippen LogP) is 3.09. The molecule has 4 heterocycles. The van der Waals surface area contributed by atoms with Crippen molar-refractivity contribution in [3.05, 3.63) is 40.9 Å². The lowest BCUT2D eigenvalue weighted by molar-refractivity contribution is 0.127. The quantitative estimate of drug-likeness (QED) is 0.403. The van der Waals surface area contributed by atoms with Gasteiger partial charge in [-0.25, -0.2) is 19.7 Å². The van der Waals surface area contributed by atoms with E-state index in [1.54, 1.807) is 49.1 Å². The first kappa shape index (κ1) is 27.3. The second-order valence-electron chi connectivity index (χ2n) is 9.67. The number of amides is 2. The molecule has 11 heteroatoms. The summed E-state index contributed by atoms with van der Waals surface area (Å²) in [5.41, 5.74) is 2.62. The third kappa shape index (κ3) is 6.39. The molecule has 2 amide bonds. The Kier molecular flexibility index (Phi) is 9.11. The summed E-state index contributed by atoms with van der Waals surface area (Å²) in [4.78, 5) is 42.7. The smallest absolute Gasteiger partial charge is 0.319 e. The number of pyridine rings is 2. The number of carbonyl (C=O) groups excluding carboxylic acids is 1. The van der Waals surface area contributed by atoms with Crippen molar-refractivity contribution in [3.8, 4) is 17.0 Å². The molecule has 0 bridgehead atoms. The molecule has 1 saturated heterocycles. The van der Waals surface area contributed by atoms with Crippen LogP contribution in [0.5, 0.6) is 5.88 Å². The maximum atomic E-state index is 13.5. The van der Waals surface area contributed by atoms with E-state index in [1.807, 2.05) is 17.0 Å². The Bertz CT molecular complexity index is 1290. The molecule has 3 aromatic rings. The number of urea groups is 1. The molecule has 1 aliphatic rings. The van der Waals surface area contributed by atoms with Gasteiger partial charge in [-0.15, -0.1) is 0 Å². The van der Waals surface area contributed by atoms with Gasteiger partial charge in [0.05, 0.1) is 19.2 Å². The highest BCUT2D eigenvalue weighted by Gasteiger charge is 2.24. The molecule has 3 aromatic heterocycles. The lowest BCUT2D eigenvalue weighted by atomic mass is 9.97. The Balaban J connectivity index is 1.55. The van der Waals surface area contributed by atoms with Gasteiger partial charge >= 0.3 is 6.03 Å². The van der Waals surface area contributed by atoms with Gasteiger partial charge in [0.2, 0.25) is 5.88 Å². The van der Waals surface area contributed by atoms with Crippen LogP contribution in [0.2, 0.25) is 0 Å². The minimum absolute atomic E-state index is 0.0386. The number of rotatable bonds is 10. The molecule has 1 aliphatic heterocycles. The first-order chi connectivity index (χ1) is 18.4. The molecule has 0 saturated carbocycles. The van der Waals surface area contributed by atoms with E-state index in [0.29, 0.717) is 62.4 Å². The van der Waals surface area contributed by atoms with Gasteiger partial charge in [-0.05, 0) is 37.3 Å². The molecule has 0 radical (unpaired) electrons. The topological polar surface area (TPSA) is 115 Å². The number of methoxy groups -OCH3 is 1. The fourth-order valence-electron chi connectivity index (χ4n) is 4.54. The van der Waals surface area contributed by atoms with Crippen molar-refractivity contribution in [1.29, 1.82) is 0 Å². The fraction of sp³-hybridized carbons (Fsp3) is 0.519. The SMILES string of the molecule is CCCOCCn1c(=O)c(NCC2CCN(C(=O)N(C)C)CC2)nc2ncc(-c3ccc(OC)nc3)cc21. The van der Waals surface area contributed by atoms with Crippen molar-refractivity contribution in [2.45, 2.75) is 32.7 Å². The Morgan fingerprint density at radius 3 is 2.55 bits per heavy atom. The van der Waals surface area contributed by atoms with E-state index < -0.39 is 0 Å². The number of hydrogen-bond acceptors (Lipinski definition) is 8. The Hall–Kier alpha value is -3.73. The predicted molar refractivity (Wildman–Crippen MR) is 147 cm³/mol. The van der Waals surface area contributed by atoms with E-state index >= 15 is 0 Å². The number of hydrogen-bond donors (Lipinski definition) is 1. The number of likely N-dealkylation sites (tertiary alicyclic amines) is 1. The van der Waals surface area contributed by atoms with Crippen LogP contribution in [0.4, 0.5) is 10.6 Å². The second-order valence-corrected chi connectivity index (χ2v) is 9.67. The van der Waals surface area contributed by atoms with E-state index in [9.17, 15) is 9.59 Å². The Labute approximate surface area is 222 Å². The third-order valence-electron chi connectivity index (χ3n) is 6.72. The van der Waals surface area contributed by atoms with E-state index in [1.165, 1.54) is 0 Å². The van der Waals surface area contributed by atoms with Gasteiger partial charge in [0, 0.05) is 76.5 Å². The third-order valence-corrected chi connectivity index (χ3v) is 6.72. The second kappa shape index (κ2) is 12.7. The van der Waals surface area contributed by atoms with Crippen molar-refractivity contribution in [1.82, 2.24) is 29.3 Å². The van der Waals surface area contributed by atoms with Gasteiger partial charge in [-0.3, -0.25) is 9.36 Å². The summed E-state index contributed by atoms with van der Waals surface area (Å²) >= 11 is 0. The van der Waals surface area contributed by atoms with Gasteiger partial charge in [-0.1, -0.05) is 6.92 Å². The van der Waals surface area contributed by atoms with Crippen molar-refractivity contribution in [2.75, 3.05) is 59.4 Å². The summed E-state index contributed by atoms with van der Waals surface area (Å²) in [5, 5.41) is 3.28. The van der Waals surface area contributed by atoms with Crippen LogP contribution < -0.4 is 15.6 Å². The molecule has 204 valence electrons. The summed E-state index contributed by atoms with van der Waals surface area (Å²) in [6.45, 7) is 5.52. The molecular formula is C27H37N7O4. The summed E-state index contributed by atoms with van der Waals surface area (Å²) in [5.74, 6) is 1.16. The number of anilines is 1. The first-order valence-corrected chi connectivity index (χ1v) is 13.1. The zero-order valence-electron chi connectivity index (χ0n) is 22.6. The Morgan fingerprint density at radius 1 is 1.13 bits per heavy atom.